The highest BCUT2D eigenvalue weighted by atomic mass is 32.2. The molecule has 0 spiro atoms. The van der Waals surface area contributed by atoms with Crippen molar-refractivity contribution in [3.05, 3.63) is 29.8 Å². The van der Waals surface area contributed by atoms with E-state index in [4.69, 9.17) is 4.74 Å². The number of hydrogen-bond acceptors (Lipinski definition) is 6. The van der Waals surface area contributed by atoms with Gasteiger partial charge in [-0.3, -0.25) is 4.79 Å². The quantitative estimate of drug-likeness (QED) is 0.591. The summed E-state index contributed by atoms with van der Waals surface area (Å²) in [5, 5.41) is 9.36. The number of carbonyl (C=O) groups excluding carboxylic acids is 1. The topological polar surface area (TPSA) is 69.9 Å². The van der Waals surface area contributed by atoms with E-state index in [0.717, 1.165) is 11.8 Å². The Balaban J connectivity index is 2.08. The first-order valence-corrected chi connectivity index (χ1v) is 7.36. The molecule has 0 amide bonds. The molecule has 0 aliphatic rings. The molecule has 10 heteroatoms. The number of ether oxygens (including phenoxy) is 1. The summed E-state index contributed by atoms with van der Waals surface area (Å²) in [6, 6.07) is 6.46. The number of nitrogens with zero attached hydrogens (tertiary/aromatic N) is 4. The average Bonchev–Trinajstić information content (AvgIpc) is 2.91. The number of hydrogen-bond donors (Lipinski definition) is 0. The lowest BCUT2D eigenvalue weighted by molar-refractivity contribution is -0.144. The lowest BCUT2D eigenvalue weighted by Gasteiger charge is -2.11. The molecule has 0 fully saturated rings. The Labute approximate surface area is 134 Å². The Kier molecular flexibility index (Phi) is 5.24. The summed E-state index contributed by atoms with van der Waals surface area (Å²) in [4.78, 5) is 12.3. The smallest absolute Gasteiger partial charge is 0.408 e. The molecule has 0 unspecified atom stereocenters. The lowest BCUT2D eigenvalue weighted by Crippen LogP contribution is -2.21. The third kappa shape index (κ3) is 4.68. The first-order chi connectivity index (χ1) is 10.8. The van der Waals surface area contributed by atoms with E-state index in [-0.39, 0.29) is 10.9 Å². The van der Waals surface area contributed by atoms with Gasteiger partial charge in [0, 0.05) is 5.56 Å². The van der Waals surface area contributed by atoms with Gasteiger partial charge in [-0.1, -0.05) is 11.8 Å². The van der Waals surface area contributed by atoms with E-state index < -0.39 is 18.0 Å². The van der Waals surface area contributed by atoms with Crippen LogP contribution in [0.4, 0.5) is 13.2 Å². The fraction of sp³-hybridized carbons (Fsp3) is 0.385. The van der Waals surface area contributed by atoms with Gasteiger partial charge in [-0.15, -0.1) is 5.10 Å². The highest BCUT2D eigenvalue weighted by molar-refractivity contribution is 8.00. The maximum absolute atomic E-state index is 12.4. The number of benzene rings is 1. The fourth-order valence-electron chi connectivity index (χ4n) is 1.75. The maximum Gasteiger partial charge on any atom is 0.408 e. The van der Waals surface area contributed by atoms with Crippen molar-refractivity contribution in [3.8, 4) is 5.75 Å². The Hall–Kier alpha value is -2.10. The van der Waals surface area contributed by atoms with Crippen molar-refractivity contribution in [2.24, 2.45) is 0 Å². The molecule has 124 valence electrons. The number of methoxy groups -OCH3 is 1. The molecule has 0 saturated carbocycles. The molecule has 1 aromatic carbocycles. The summed E-state index contributed by atoms with van der Waals surface area (Å²) in [5.74, 6) is 0.371. The van der Waals surface area contributed by atoms with Gasteiger partial charge in [0.15, 0.2) is 5.78 Å². The van der Waals surface area contributed by atoms with Crippen LogP contribution in [0.1, 0.15) is 17.3 Å². The van der Waals surface area contributed by atoms with Crippen LogP contribution < -0.4 is 4.74 Å². The van der Waals surface area contributed by atoms with Gasteiger partial charge in [0.1, 0.15) is 12.3 Å². The van der Waals surface area contributed by atoms with Crippen molar-refractivity contribution in [2.75, 3.05) is 7.11 Å². The number of aromatic nitrogens is 4. The Morgan fingerprint density at radius 3 is 2.57 bits per heavy atom. The SMILES string of the molecule is COc1ccc(C(=O)[C@H](C)Sc2nnnn2CC(F)(F)F)cc1. The number of Topliss-reactive ketones (excluding diaryl/α,β-unsaturated/α-hetero) is 1. The predicted octanol–water partition coefficient (Wildman–Crippen LogP) is 2.61. The largest absolute Gasteiger partial charge is 0.497 e. The van der Waals surface area contributed by atoms with Crippen LogP contribution in [0.5, 0.6) is 5.75 Å². The van der Waals surface area contributed by atoms with Crippen molar-refractivity contribution in [3.63, 3.8) is 0 Å². The molecular formula is C13H13F3N4O2S. The number of tetrazole rings is 1. The van der Waals surface area contributed by atoms with Gasteiger partial charge in [0.2, 0.25) is 5.16 Å². The van der Waals surface area contributed by atoms with Gasteiger partial charge in [-0.2, -0.15) is 13.2 Å². The highest BCUT2D eigenvalue weighted by Gasteiger charge is 2.31. The molecule has 1 aromatic heterocycles. The van der Waals surface area contributed by atoms with Crippen LogP contribution in [-0.2, 0) is 6.54 Å². The second-order valence-corrected chi connectivity index (χ2v) is 5.90. The maximum atomic E-state index is 12.4. The predicted molar refractivity (Wildman–Crippen MR) is 76.5 cm³/mol. The monoisotopic (exact) mass is 346 g/mol. The zero-order chi connectivity index (χ0) is 17.0. The summed E-state index contributed by atoms with van der Waals surface area (Å²) in [7, 11) is 1.51. The van der Waals surface area contributed by atoms with Gasteiger partial charge < -0.3 is 4.74 Å². The third-order valence-corrected chi connectivity index (χ3v) is 3.92. The molecule has 2 rings (SSSR count). The standard InChI is InChI=1S/C13H13F3N4O2S/c1-8(11(21)9-3-5-10(22-2)6-4-9)23-12-17-18-19-20(12)7-13(14,15)16/h3-6,8H,7H2,1-2H3/t8-/m0/s1. The number of alkyl halides is 3. The molecule has 23 heavy (non-hydrogen) atoms. The molecule has 0 aliphatic heterocycles. The van der Waals surface area contributed by atoms with E-state index >= 15 is 0 Å². The average molecular weight is 346 g/mol. The Morgan fingerprint density at radius 2 is 2.00 bits per heavy atom. The highest BCUT2D eigenvalue weighted by Crippen LogP contribution is 2.26. The van der Waals surface area contributed by atoms with Crippen molar-refractivity contribution in [2.45, 2.75) is 30.1 Å². The van der Waals surface area contributed by atoms with E-state index in [9.17, 15) is 18.0 Å². The van der Waals surface area contributed by atoms with E-state index in [2.05, 4.69) is 15.5 Å². The zero-order valence-electron chi connectivity index (χ0n) is 12.2. The zero-order valence-corrected chi connectivity index (χ0v) is 13.1. The minimum absolute atomic E-state index is 0.0586. The van der Waals surface area contributed by atoms with Gasteiger partial charge in [0.05, 0.1) is 12.4 Å². The van der Waals surface area contributed by atoms with Crippen molar-refractivity contribution in [1.82, 2.24) is 20.2 Å². The Bertz CT molecular complexity index is 673. The van der Waals surface area contributed by atoms with E-state index in [1.165, 1.54) is 7.11 Å². The number of ketones is 1. The second-order valence-electron chi connectivity index (χ2n) is 4.59. The number of carbonyl (C=O) groups is 1. The van der Waals surface area contributed by atoms with Crippen molar-refractivity contribution >= 4 is 17.5 Å². The minimum Gasteiger partial charge on any atom is -0.497 e. The summed E-state index contributed by atoms with van der Waals surface area (Å²) < 4.78 is 42.9. The van der Waals surface area contributed by atoms with Crippen LogP contribution in [0, 0.1) is 0 Å². The molecule has 1 atom stereocenters. The van der Waals surface area contributed by atoms with Gasteiger partial charge in [-0.25, -0.2) is 4.68 Å². The van der Waals surface area contributed by atoms with E-state index in [1.807, 2.05) is 0 Å². The molecule has 0 saturated heterocycles. The van der Waals surface area contributed by atoms with Crippen molar-refractivity contribution in [1.29, 1.82) is 0 Å². The molecule has 2 aromatic rings. The van der Waals surface area contributed by atoms with Gasteiger partial charge in [0.25, 0.3) is 0 Å². The summed E-state index contributed by atoms with van der Waals surface area (Å²) in [6.45, 7) is 0.287. The normalized spacial score (nSPS) is 12.9. The fourth-order valence-corrected chi connectivity index (χ4v) is 2.62. The number of rotatable bonds is 6. The van der Waals surface area contributed by atoms with Crippen LogP contribution >= 0.6 is 11.8 Å². The van der Waals surface area contributed by atoms with Crippen LogP contribution in [0.15, 0.2) is 29.4 Å². The van der Waals surface area contributed by atoms with E-state index in [0.29, 0.717) is 16.0 Å². The van der Waals surface area contributed by atoms with Gasteiger partial charge >= 0.3 is 6.18 Å². The first kappa shape index (κ1) is 17.3. The molecule has 0 radical (unpaired) electrons. The van der Waals surface area contributed by atoms with E-state index in [1.54, 1.807) is 31.2 Å². The second kappa shape index (κ2) is 6.99. The minimum atomic E-state index is -4.44. The molecular weight excluding hydrogens is 333 g/mol. The molecule has 6 nitrogen and oxygen atoms in total. The van der Waals surface area contributed by atoms with Crippen LogP contribution in [-0.4, -0.2) is 44.5 Å². The third-order valence-electron chi connectivity index (χ3n) is 2.85. The lowest BCUT2D eigenvalue weighted by atomic mass is 10.1. The van der Waals surface area contributed by atoms with Crippen LogP contribution in [0.2, 0.25) is 0 Å². The summed E-state index contributed by atoms with van der Waals surface area (Å²) in [5.41, 5.74) is 0.431. The van der Waals surface area contributed by atoms with Crippen LogP contribution in [0.3, 0.4) is 0 Å². The summed E-state index contributed by atoms with van der Waals surface area (Å²) in [6.07, 6.45) is -4.44. The van der Waals surface area contributed by atoms with Crippen LogP contribution in [0.25, 0.3) is 0 Å². The van der Waals surface area contributed by atoms with Crippen molar-refractivity contribution < 1.29 is 22.7 Å². The number of thioether (sulfide) groups is 1. The molecule has 0 bridgehead atoms. The number of halogens is 3. The molecule has 1 heterocycles. The molecule has 0 aliphatic carbocycles. The summed E-state index contributed by atoms with van der Waals surface area (Å²) >= 11 is 0.877. The first-order valence-electron chi connectivity index (χ1n) is 6.48. The van der Waals surface area contributed by atoms with Gasteiger partial charge in [-0.05, 0) is 41.6 Å². The molecule has 0 N–H and O–H groups in total. The Morgan fingerprint density at radius 1 is 1.35 bits per heavy atom.